The van der Waals surface area contributed by atoms with Gasteiger partial charge < -0.3 is 0 Å². The highest BCUT2D eigenvalue weighted by Gasteiger charge is 2.45. The van der Waals surface area contributed by atoms with E-state index in [-0.39, 0.29) is 0 Å². The smallest absolute Gasteiger partial charge is 0.156 e. The van der Waals surface area contributed by atoms with Crippen molar-refractivity contribution in [3.8, 4) is 0 Å². The van der Waals surface area contributed by atoms with Crippen LogP contribution in [0, 0.1) is 5.92 Å². The van der Waals surface area contributed by atoms with Gasteiger partial charge in [0.1, 0.15) is 4.87 Å². The molecule has 0 saturated heterocycles. The molecule has 2 saturated carbocycles. The topological polar surface area (TPSA) is 17.1 Å². The summed E-state index contributed by atoms with van der Waals surface area (Å²) in [6.45, 7) is 0. The normalized spacial score (nSPS) is 44.1. The van der Waals surface area contributed by atoms with Crippen LogP contribution in [0.5, 0.6) is 0 Å². The summed E-state index contributed by atoms with van der Waals surface area (Å²) < 4.78 is 0. The van der Waals surface area contributed by atoms with Gasteiger partial charge in [0, 0.05) is 5.92 Å². The van der Waals surface area contributed by atoms with Gasteiger partial charge in [-0.15, -0.1) is 11.6 Å². The number of rotatable bonds is 0. The van der Waals surface area contributed by atoms with Crippen molar-refractivity contribution in [3.63, 3.8) is 0 Å². The molecule has 2 heteroatoms. The monoisotopic (exact) mass is 172 g/mol. The summed E-state index contributed by atoms with van der Waals surface area (Å²) in [5.41, 5.74) is 0. The van der Waals surface area contributed by atoms with Crippen LogP contribution in [0.1, 0.15) is 38.5 Å². The number of carbonyl (C=O) groups is 1. The number of Topliss-reactive ketones (excluding diaryl/α,β-unsaturated/α-hetero) is 1. The van der Waals surface area contributed by atoms with Crippen molar-refractivity contribution in [2.45, 2.75) is 43.4 Å². The van der Waals surface area contributed by atoms with E-state index in [0.29, 0.717) is 11.7 Å². The molecule has 11 heavy (non-hydrogen) atoms. The molecule has 2 bridgehead atoms. The molecule has 1 nitrogen and oxygen atoms in total. The maximum Gasteiger partial charge on any atom is 0.156 e. The van der Waals surface area contributed by atoms with Gasteiger partial charge in [0.05, 0.1) is 0 Å². The van der Waals surface area contributed by atoms with Gasteiger partial charge in [-0.1, -0.05) is 12.8 Å². The van der Waals surface area contributed by atoms with E-state index in [9.17, 15) is 4.79 Å². The van der Waals surface area contributed by atoms with Gasteiger partial charge >= 0.3 is 0 Å². The Morgan fingerprint density at radius 3 is 2.18 bits per heavy atom. The summed E-state index contributed by atoms with van der Waals surface area (Å²) in [4.78, 5) is 11.2. The molecule has 0 radical (unpaired) electrons. The molecule has 0 aromatic carbocycles. The Morgan fingerprint density at radius 2 is 1.82 bits per heavy atom. The second kappa shape index (κ2) is 2.48. The van der Waals surface area contributed by atoms with Crippen molar-refractivity contribution in [2.24, 2.45) is 5.92 Å². The molecule has 0 atom stereocenters. The molecule has 62 valence electrons. The van der Waals surface area contributed by atoms with E-state index in [1.54, 1.807) is 0 Å². The largest absolute Gasteiger partial charge is 0.297 e. The van der Waals surface area contributed by atoms with E-state index in [1.165, 1.54) is 0 Å². The fourth-order valence-corrected chi connectivity index (χ4v) is 2.82. The summed E-state index contributed by atoms with van der Waals surface area (Å²) in [6, 6.07) is 0. The lowest BCUT2D eigenvalue weighted by atomic mass is 9.71. The minimum absolute atomic E-state index is 0.315. The second-order valence-electron chi connectivity index (χ2n) is 3.81. The first-order valence-corrected chi connectivity index (χ1v) is 4.83. The highest BCUT2D eigenvalue weighted by atomic mass is 35.5. The minimum atomic E-state index is -0.429. The predicted octanol–water partition coefficient (Wildman–Crippen LogP) is 2.52. The lowest BCUT2D eigenvalue weighted by Gasteiger charge is -2.38. The van der Waals surface area contributed by atoms with E-state index in [2.05, 4.69) is 0 Å². The summed E-state index contributed by atoms with van der Waals surface area (Å²) >= 11 is 6.21. The van der Waals surface area contributed by atoms with Crippen LogP contribution in [-0.4, -0.2) is 10.7 Å². The molecular weight excluding hydrogens is 160 g/mol. The lowest BCUT2D eigenvalue weighted by Crippen LogP contribution is -2.44. The van der Waals surface area contributed by atoms with Gasteiger partial charge in [0.15, 0.2) is 5.78 Å². The number of alkyl halides is 1. The quantitative estimate of drug-likeness (QED) is 0.514. The lowest BCUT2D eigenvalue weighted by molar-refractivity contribution is -0.130. The van der Waals surface area contributed by atoms with Crippen LogP contribution in [0.4, 0.5) is 0 Å². The van der Waals surface area contributed by atoms with E-state index in [4.69, 9.17) is 11.6 Å². The van der Waals surface area contributed by atoms with Crippen LogP contribution >= 0.6 is 11.6 Å². The van der Waals surface area contributed by atoms with Crippen LogP contribution in [-0.2, 0) is 4.79 Å². The van der Waals surface area contributed by atoms with Crippen LogP contribution in [0.2, 0.25) is 0 Å². The molecule has 0 unspecified atom stereocenters. The average molecular weight is 173 g/mol. The van der Waals surface area contributed by atoms with Gasteiger partial charge in [0.2, 0.25) is 0 Å². The Kier molecular flexibility index (Phi) is 1.71. The summed E-state index contributed by atoms with van der Waals surface area (Å²) in [5.74, 6) is 0.659. The van der Waals surface area contributed by atoms with Crippen molar-refractivity contribution < 1.29 is 4.79 Å². The first-order valence-electron chi connectivity index (χ1n) is 4.46. The molecule has 2 rings (SSSR count). The van der Waals surface area contributed by atoms with Crippen LogP contribution in [0.25, 0.3) is 0 Å². The Balaban J connectivity index is 2.24. The maximum atomic E-state index is 11.6. The van der Waals surface area contributed by atoms with E-state index < -0.39 is 4.87 Å². The van der Waals surface area contributed by atoms with Gasteiger partial charge in [-0.2, -0.15) is 0 Å². The third-order valence-electron chi connectivity index (χ3n) is 3.06. The number of fused-ring (bicyclic) bond motifs is 2. The molecule has 0 amide bonds. The molecule has 0 spiro atoms. The van der Waals surface area contributed by atoms with Crippen LogP contribution < -0.4 is 0 Å². The second-order valence-corrected chi connectivity index (χ2v) is 4.53. The zero-order valence-electron chi connectivity index (χ0n) is 6.61. The average Bonchev–Trinajstić information content (AvgIpc) is 1.93. The summed E-state index contributed by atoms with van der Waals surface area (Å²) in [6.07, 6.45) is 6.33. The Labute approximate surface area is 72.1 Å². The molecule has 0 aromatic rings. The first-order chi connectivity index (χ1) is 5.22. The minimum Gasteiger partial charge on any atom is -0.297 e. The molecule has 0 heterocycles. The standard InChI is InChI=1S/C9H13ClO/c10-9-5-1-3-7(8(9)11)4-2-6-9/h7H,1-6H2. The zero-order chi connectivity index (χ0) is 7.90. The maximum absolute atomic E-state index is 11.6. The van der Waals surface area contributed by atoms with Crippen molar-refractivity contribution in [2.75, 3.05) is 0 Å². The van der Waals surface area contributed by atoms with E-state index in [0.717, 1.165) is 38.5 Å². The Morgan fingerprint density at radius 1 is 1.27 bits per heavy atom. The molecule has 2 fully saturated rings. The van der Waals surface area contributed by atoms with Gasteiger partial charge in [-0.3, -0.25) is 4.79 Å². The fourth-order valence-electron chi connectivity index (χ4n) is 2.40. The van der Waals surface area contributed by atoms with Crippen molar-refractivity contribution >= 4 is 17.4 Å². The number of carbonyl (C=O) groups excluding carboxylic acids is 1. The van der Waals surface area contributed by atoms with Crippen molar-refractivity contribution in [1.82, 2.24) is 0 Å². The number of ketones is 1. The van der Waals surface area contributed by atoms with Crippen LogP contribution in [0.3, 0.4) is 0 Å². The number of halogens is 1. The molecule has 2 aliphatic carbocycles. The third-order valence-corrected chi connectivity index (χ3v) is 3.63. The van der Waals surface area contributed by atoms with Crippen molar-refractivity contribution in [3.05, 3.63) is 0 Å². The molecule has 2 aliphatic rings. The van der Waals surface area contributed by atoms with Crippen LogP contribution in [0.15, 0.2) is 0 Å². The molecule has 0 aliphatic heterocycles. The zero-order valence-corrected chi connectivity index (χ0v) is 7.36. The highest BCUT2D eigenvalue weighted by Crippen LogP contribution is 2.43. The van der Waals surface area contributed by atoms with Gasteiger partial charge in [-0.05, 0) is 25.7 Å². The van der Waals surface area contributed by atoms with Crippen molar-refractivity contribution in [1.29, 1.82) is 0 Å². The highest BCUT2D eigenvalue weighted by molar-refractivity contribution is 6.35. The SMILES string of the molecule is O=C1C2CCCC1(Cl)CCC2. The Hall–Kier alpha value is -0.0400. The number of hydrogen-bond donors (Lipinski definition) is 0. The first kappa shape index (κ1) is 7.60. The third kappa shape index (κ3) is 1.10. The molecule has 0 aromatic heterocycles. The Bertz CT molecular complexity index is 178. The molecule has 0 N–H and O–H groups in total. The number of hydrogen-bond acceptors (Lipinski definition) is 1. The summed E-state index contributed by atoms with van der Waals surface area (Å²) in [7, 11) is 0. The van der Waals surface area contributed by atoms with Gasteiger partial charge in [0.25, 0.3) is 0 Å². The predicted molar refractivity (Wildman–Crippen MR) is 44.8 cm³/mol. The van der Waals surface area contributed by atoms with E-state index in [1.807, 2.05) is 0 Å². The van der Waals surface area contributed by atoms with Gasteiger partial charge in [-0.25, -0.2) is 0 Å². The molecular formula is C9H13ClO. The van der Waals surface area contributed by atoms with E-state index >= 15 is 0 Å². The fraction of sp³-hybridized carbons (Fsp3) is 0.889. The summed E-state index contributed by atoms with van der Waals surface area (Å²) in [5, 5.41) is 0.